The molecule has 0 bridgehead atoms. The average molecular weight is 479 g/mol. The number of aliphatic imine (C=N–C) groups is 1. The van der Waals surface area contributed by atoms with Gasteiger partial charge in [0.25, 0.3) is 0 Å². The van der Waals surface area contributed by atoms with Crippen molar-refractivity contribution in [1.29, 1.82) is 0 Å². The van der Waals surface area contributed by atoms with Crippen LogP contribution in [-0.4, -0.2) is 54.3 Å². The van der Waals surface area contributed by atoms with E-state index in [1.165, 1.54) is 12.1 Å². The molecule has 0 spiro atoms. The van der Waals surface area contributed by atoms with Gasteiger partial charge in [-0.1, -0.05) is 30.9 Å². The number of halogens is 2. The van der Waals surface area contributed by atoms with Gasteiger partial charge in [-0.15, -0.1) is 24.0 Å². The highest BCUT2D eigenvalue weighted by Crippen LogP contribution is 2.28. The first-order chi connectivity index (χ1) is 11.6. The molecule has 0 unspecified atom stereocenters. The van der Waals surface area contributed by atoms with E-state index in [0.717, 1.165) is 56.9 Å². The van der Waals surface area contributed by atoms with E-state index in [4.69, 9.17) is 17.3 Å². The summed E-state index contributed by atoms with van der Waals surface area (Å²) in [5.41, 5.74) is 6.70. The number of piperazine rings is 1. The Labute approximate surface area is 172 Å². The van der Waals surface area contributed by atoms with Crippen LogP contribution >= 0.6 is 35.6 Å². The summed E-state index contributed by atoms with van der Waals surface area (Å²) in [4.78, 5) is 8.92. The van der Waals surface area contributed by atoms with Gasteiger partial charge in [0.05, 0.1) is 12.1 Å². The molecule has 3 N–H and O–H groups in total. The summed E-state index contributed by atoms with van der Waals surface area (Å²) in [6.45, 7) is 3.92. The van der Waals surface area contributed by atoms with E-state index in [1.54, 1.807) is 0 Å². The fraction of sp³-hybridized carbons (Fsp3) is 0.611. The van der Waals surface area contributed by atoms with Crippen LogP contribution < -0.4 is 10.6 Å². The minimum atomic E-state index is -0.645. The predicted molar refractivity (Wildman–Crippen MR) is 115 cm³/mol. The monoisotopic (exact) mass is 478 g/mol. The Kier molecular flexibility index (Phi) is 7.64. The van der Waals surface area contributed by atoms with Gasteiger partial charge in [-0.05, 0) is 37.1 Å². The zero-order valence-corrected chi connectivity index (χ0v) is 17.6. The van der Waals surface area contributed by atoms with E-state index in [0.29, 0.717) is 12.5 Å². The van der Waals surface area contributed by atoms with Crippen molar-refractivity contribution < 1.29 is 5.11 Å². The molecule has 0 aromatic heterocycles. The third kappa shape index (κ3) is 5.62. The fourth-order valence-corrected chi connectivity index (χ4v) is 3.67. The lowest BCUT2D eigenvalue weighted by molar-refractivity contribution is 0.0130. The van der Waals surface area contributed by atoms with Crippen LogP contribution in [0.2, 0.25) is 5.02 Å². The number of guanidine groups is 1. The van der Waals surface area contributed by atoms with Crippen molar-refractivity contribution in [3.63, 3.8) is 0 Å². The van der Waals surface area contributed by atoms with Crippen LogP contribution in [0.15, 0.2) is 29.3 Å². The lowest BCUT2D eigenvalue weighted by atomic mass is 9.85. The van der Waals surface area contributed by atoms with Gasteiger partial charge in [-0.3, -0.25) is 4.99 Å². The number of aliphatic hydroxyl groups is 1. The lowest BCUT2D eigenvalue weighted by Gasteiger charge is -2.37. The number of rotatable bonds is 3. The van der Waals surface area contributed by atoms with Gasteiger partial charge in [-0.25, -0.2) is 0 Å². The second-order valence-corrected chi connectivity index (χ2v) is 7.35. The molecule has 1 heterocycles. The molecule has 1 aromatic rings. The van der Waals surface area contributed by atoms with E-state index < -0.39 is 5.60 Å². The van der Waals surface area contributed by atoms with Gasteiger partial charge >= 0.3 is 0 Å². The maximum absolute atomic E-state index is 10.5. The summed E-state index contributed by atoms with van der Waals surface area (Å²) >= 11 is 5.95. The van der Waals surface area contributed by atoms with Crippen LogP contribution in [0, 0.1) is 0 Å². The maximum Gasteiger partial charge on any atom is 0.191 e. The zero-order valence-electron chi connectivity index (χ0n) is 14.5. The normalized spacial score (nSPS) is 21.0. The molecule has 0 atom stereocenters. The van der Waals surface area contributed by atoms with Crippen molar-refractivity contribution >= 4 is 47.2 Å². The summed E-state index contributed by atoms with van der Waals surface area (Å²) in [6.07, 6.45) is 5.08. The summed E-state index contributed by atoms with van der Waals surface area (Å²) in [5, 5.41) is 11.3. The number of anilines is 1. The Morgan fingerprint density at radius 3 is 2.28 bits per heavy atom. The van der Waals surface area contributed by atoms with Gasteiger partial charge in [0.15, 0.2) is 5.96 Å². The molecule has 1 aliphatic heterocycles. The first-order valence-corrected chi connectivity index (χ1v) is 9.21. The van der Waals surface area contributed by atoms with Gasteiger partial charge in [0.1, 0.15) is 0 Å². The number of benzene rings is 1. The Balaban J connectivity index is 0.00000225. The molecule has 140 valence electrons. The van der Waals surface area contributed by atoms with Gasteiger partial charge in [-0.2, -0.15) is 0 Å². The predicted octanol–water partition coefficient (Wildman–Crippen LogP) is 3.09. The first-order valence-electron chi connectivity index (χ1n) is 8.84. The fourth-order valence-electron chi connectivity index (χ4n) is 3.54. The Morgan fingerprint density at radius 1 is 1.08 bits per heavy atom. The molecule has 2 aliphatic rings. The van der Waals surface area contributed by atoms with E-state index in [-0.39, 0.29) is 24.0 Å². The SMILES string of the molecule is I.NC(=NCC1(O)CCCCC1)N1CCN(c2ccc(Cl)cc2)CC1. The van der Waals surface area contributed by atoms with Crippen molar-refractivity contribution in [2.24, 2.45) is 10.7 Å². The highest BCUT2D eigenvalue weighted by atomic mass is 127. The van der Waals surface area contributed by atoms with Crippen molar-refractivity contribution in [3.05, 3.63) is 29.3 Å². The first kappa shape index (κ1) is 20.6. The molecule has 1 aliphatic carbocycles. The van der Waals surface area contributed by atoms with Crippen molar-refractivity contribution in [1.82, 2.24) is 4.90 Å². The minimum Gasteiger partial charge on any atom is -0.388 e. The molecule has 1 saturated heterocycles. The molecule has 1 aromatic carbocycles. The van der Waals surface area contributed by atoms with E-state index >= 15 is 0 Å². The van der Waals surface area contributed by atoms with Gasteiger partial charge in [0.2, 0.25) is 0 Å². The van der Waals surface area contributed by atoms with E-state index in [9.17, 15) is 5.11 Å². The van der Waals surface area contributed by atoms with Crippen molar-refractivity contribution in [2.75, 3.05) is 37.6 Å². The molecule has 1 saturated carbocycles. The van der Waals surface area contributed by atoms with Gasteiger partial charge in [0, 0.05) is 36.9 Å². The number of hydrogen-bond acceptors (Lipinski definition) is 3. The highest BCUT2D eigenvalue weighted by Gasteiger charge is 2.29. The second kappa shape index (κ2) is 9.28. The Morgan fingerprint density at radius 2 is 1.68 bits per heavy atom. The molecule has 25 heavy (non-hydrogen) atoms. The molecule has 3 rings (SSSR count). The number of hydrogen-bond donors (Lipinski definition) is 2. The summed E-state index contributed by atoms with van der Waals surface area (Å²) in [7, 11) is 0. The van der Waals surface area contributed by atoms with Crippen LogP contribution in [0.3, 0.4) is 0 Å². The van der Waals surface area contributed by atoms with Crippen LogP contribution in [0.4, 0.5) is 5.69 Å². The quantitative estimate of drug-likeness (QED) is 0.398. The highest BCUT2D eigenvalue weighted by molar-refractivity contribution is 14.0. The number of nitrogens with zero attached hydrogens (tertiary/aromatic N) is 3. The number of nitrogens with two attached hydrogens (primary N) is 1. The molecular formula is C18H28ClIN4O. The van der Waals surface area contributed by atoms with E-state index in [1.807, 2.05) is 24.3 Å². The van der Waals surface area contributed by atoms with Crippen molar-refractivity contribution in [2.45, 2.75) is 37.7 Å². The van der Waals surface area contributed by atoms with E-state index in [2.05, 4.69) is 14.8 Å². The average Bonchev–Trinajstić information content (AvgIpc) is 2.61. The Hall–Kier alpha value is -0.730. The molecular weight excluding hydrogens is 451 g/mol. The van der Waals surface area contributed by atoms with Crippen LogP contribution in [0.5, 0.6) is 0 Å². The molecule has 2 fully saturated rings. The van der Waals surface area contributed by atoms with Crippen molar-refractivity contribution in [3.8, 4) is 0 Å². The maximum atomic E-state index is 10.5. The largest absolute Gasteiger partial charge is 0.388 e. The topological polar surface area (TPSA) is 65.1 Å². The molecule has 5 nitrogen and oxygen atoms in total. The summed E-state index contributed by atoms with van der Waals surface area (Å²) in [6, 6.07) is 7.94. The standard InChI is InChI=1S/C18H27ClN4O.HI/c19-15-4-6-16(7-5-15)22-10-12-23(13-11-22)17(20)21-14-18(24)8-2-1-3-9-18;/h4-7,24H,1-3,8-14H2,(H2,20,21);1H. The Bertz CT molecular complexity index is 567. The third-order valence-electron chi connectivity index (χ3n) is 5.12. The summed E-state index contributed by atoms with van der Waals surface area (Å²) < 4.78 is 0. The molecule has 0 amide bonds. The second-order valence-electron chi connectivity index (χ2n) is 6.91. The van der Waals surface area contributed by atoms with Gasteiger partial charge < -0.3 is 20.6 Å². The van der Waals surface area contributed by atoms with Crippen LogP contribution in [-0.2, 0) is 0 Å². The smallest absolute Gasteiger partial charge is 0.191 e. The summed E-state index contributed by atoms with van der Waals surface area (Å²) in [5.74, 6) is 0.560. The molecule has 0 radical (unpaired) electrons. The third-order valence-corrected chi connectivity index (χ3v) is 5.37. The van der Waals surface area contributed by atoms with Crippen LogP contribution in [0.25, 0.3) is 0 Å². The zero-order chi connectivity index (χ0) is 17.0. The lowest BCUT2D eigenvalue weighted by Crippen LogP contribution is -2.51. The van der Waals surface area contributed by atoms with Crippen LogP contribution in [0.1, 0.15) is 32.1 Å². The molecule has 7 heteroatoms. The minimum absolute atomic E-state index is 0.